The standard InChI is InChI=1S/C52H81ClO17/c1-30-18-21-50-23-20-40(62-4)48(69-50)47(59)46(58)31(2)16-17-39-45(53)43(63-5)28-51(66-39)22-19-32(3)52(70-51)29-42(38(68-52)15-10-8-6-7-9-14-37(56)49(60)61)65-44(57)27-36-13-11-12-35(64-36)25-33(54)24-34(55)26-41(30)67-50/h7-10,18,21,30-43,45-48,54-56,58-59H,6,11-17,19-20,22-29H2,1-5H3,(H,60,61)/b9-7-,10-8+/t30-,31-,32-,33-,34-,35-,36+,37+,38-,39+,40-,41+,42-,43+,45+,46-,47-,48-,50-,51+,52+/m0/s1. The molecule has 0 aromatic carbocycles. The third-order valence-electron chi connectivity index (χ3n) is 16.1. The van der Waals surface area contributed by atoms with Crippen LogP contribution in [0.5, 0.6) is 0 Å². The molecule has 6 N–H and O–H groups in total. The number of aliphatic hydroxyl groups excluding tert-OH is 5. The van der Waals surface area contributed by atoms with Crippen LogP contribution in [0.2, 0.25) is 0 Å². The molecule has 21 atom stereocenters. The van der Waals surface area contributed by atoms with Gasteiger partial charge in [-0.3, -0.25) is 4.79 Å². The van der Waals surface area contributed by atoms with Gasteiger partial charge in [0.25, 0.3) is 0 Å². The van der Waals surface area contributed by atoms with Gasteiger partial charge in [0.1, 0.15) is 24.4 Å². The van der Waals surface area contributed by atoms with Crippen LogP contribution in [-0.4, -0.2) is 165 Å². The predicted octanol–water partition coefficient (Wildman–Crippen LogP) is 5.52. The van der Waals surface area contributed by atoms with E-state index < -0.39 is 120 Å². The molecule has 0 aromatic rings. The van der Waals surface area contributed by atoms with E-state index >= 15 is 0 Å². The third-order valence-corrected chi connectivity index (χ3v) is 16.6. The van der Waals surface area contributed by atoms with Gasteiger partial charge < -0.3 is 73.3 Å². The fourth-order valence-electron chi connectivity index (χ4n) is 11.8. The van der Waals surface area contributed by atoms with Gasteiger partial charge in [-0.2, -0.15) is 0 Å². The number of alkyl halides is 1. The highest BCUT2D eigenvalue weighted by Gasteiger charge is 2.61. The number of hydrogen-bond acceptors (Lipinski definition) is 16. The molecule has 0 aromatic heterocycles. The van der Waals surface area contributed by atoms with Crippen molar-refractivity contribution in [3.8, 4) is 0 Å². The van der Waals surface area contributed by atoms with E-state index in [-0.39, 0.29) is 56.5 Å². The number of rotatable bonds is 9. The van der Waals surface area contributed by atoms with Gasteiger partial charge in [-0.05, 0) is 82.6 Å². The van der Waals surface area contributed by atoms with Crippen LogP contribution in [0.25, 0.3) is 0 Å². The summed E-state index contributed by atoms with van der Waals surface area (Å²) in [5.41, 5.74) is 0. The summed E-state index contributed by atoms with van der Waals surface area (Å²) in [6.45, 7) is 5.92. The van der Waals surface area contributed by atoms with Gasteiger partial charge in [0.05, 0.1) is 66.7 Å². The van der Waals surface area contributed by atoms with E-state index in [1.54, 1.807) is 26.4 Å². The molecule has 18 heteroatoms. The number of esters is 1. The second-order valence-electron chi connectivity index (χ2n) is 21.4. The van der Waals surface area contributed by atoms with Crippen molar-refractivity contribution in [2.45, 2.75) is 245 Å². The maximum absolute atomic E-state index is 13.9. The maximum Gasteiger partial charge on any atom is 0.332 e. The normalized spacial score (nSPS) is 46.2. The molecule has 17 nitrogen and oxygen atoms in total. The molecule has 7 aliphatic rings. The van der Waals surface area contributed by atoms with Crippen LogP contribution in [0.15, 0.2) is 36.5 Å². The molecule has 7 heterocycles. The number of allylic oxidation sites excluding steroid dienone is 2. The lowest BCUT2D eigenvalue weighted by atomic mass is 9.82. The van der Waals surface area contributed by atoms with Gasteiger partial charge in [-0.1, -0.05) is 51.2 Å². The molecule has 9 bridgehead atoms. The fraction of sp³-hybridized carbons (Fsp3) is 0.846. The number of ether oxygens (including phenoxy) is 9. The number of fused-ring (bicyclic) bond motifs is 6. The maximum atomic E-state index is 13.9. The molecule has 6 fully saturated rings. The Kier molecular flexibility index (Phi) is 19.5. The molecular formula is C52H81ClO17. The zero-order chi connectivity index (χ0) is 50.4. The fourth-order valence-corrected chi connectivity index (χ4v) is 12.1. The minimum Gasteiger partial charge on any atom is -0.479 e. The number of hydrogen-bond donors (Lipinski definition) is 6. The lowest BCUT2D eigenvalue weighted by Crippen LogP contribution is -2.61. The van der Waals surface area contributed by atoms with Gasteiger partial charge >= 0.3 is 11.9 Å². The molecule has 70 heavy (non-hydrogen) atoms. The average molecular weight is 1010 g/mol. The first-order chi connectivity index (χ1) is 33.4. The van der Waals surface area contributed by atoms with Crippen LogP contribution < -0.4 is 0 Å². The highest BCUT2D eigenvalue weighted by Crippen LogP contribution is 2.53. The summed E-state index contributed by atoms with van der Waals surface area (Å²) in [6.07, 6.45) is 7.36. The summed E-state index contributed by atoms with van der Waals surface area (Å²) < 4.78 is 58.8. The monoisotopic (exact) mass is 1010 g/mol. The second-order valence-corrected chi connectivity index (χ2v) is 21.9. The number of halogens is 1. The van der Waals surface area contributed by atoms with E-state index in [0.717, 1.165) is 6.42 Å². The van der Waals surface area contributed by atoms with E-state index in [2.05, 4.69) is 6.92 Å². The summed E-state index contributed by atoms with van der Waals surface area (Å²) in [7, 11) is 3.17. The largest absolute Gasteiger partial charge is 0.479 e. The van der Waals surface area contributed by atoms with Crippen molar-refractivity contribution in [1.82, 2.24) is 0 Å². The Bertz CT molecular complexity index is 1800. The molecule has 3 spiro atoms. The quantitative estimate of drug-likeness (QED) is 0.0947. The van der Waals surface area contributed by atoms with E-state index in [1.807, 2.05) is 38.2 Å². The Morgan fingerprint density at radius 2 is 1.56 bits per heavy atom. The first kappa shape index (κ1) is 55.7. The number of carboxylic acids is 1. The highest BCUT2D eigenvalue weighted by atomic mass is 35.5. The molecule has 7 aliphatic heterocycles. The minimum atomic E-state index is -1.47. The van der Waals surface area contributed by atoms with Crippen LogP contribution in [0.1, 0.15) is 136 Å². The van der Waals surface area contributed by atoms with Crippen molar-refractivity contribution in [3.63, 3.8) is 0 Å². The van der Waals surface area contributed by atoms with E-state index in [0.29, 0.717) is 70.6 Å². The van der Waals surface area contributed by atoms with Crippen molar-refractivity contribution in [1.29, 1.82) is 0 Å². The van der Waals surface area contributed by atoms with Crippen molar-refractivity contribution < 1.29 is 82.9 Å². The van der Waals surface area contributed by atoms with Crippen molar-refractivity contribution in [3.05, 3.63) is 36.5 Å². The number of aliphatic carboxylic acids is 1. The Balaban J connectivity index is 1.13. The van der Waals surface area contributed by atoms with Crippen LogP contribution in [0, 0.1) is 17.8 Å². The van der Waals surface area contributed by atoms with E-state index in [1.165, 1.54) is 0 Å². The Morgan fingerprint density at radius 1 is 0.814 bits per heavy atom. The topological polar surface area (TPSA) is 239 Å². The summed E-state index contributed by atoms with van der Waals surface area (Å²) in [4.78, 5) is 24.9. The van der Waals surface area contributed by atoms with E-state index in [9.17, 15) is 35.1 Å². The smallest absolute Gasteiger partial charge is 0.332 e. The van der Waals surface area contributed by atoms with Crippen LogP contribution >= 0.6 is 11.6 Å². The van der Waals surface area contributed by atoms with Gasteiger partial charge in [-0.15, -0.1) is 11.6 Å². The Morgan fingerprint density at radius 3 is 2.31 bits per heavy atom. The van der Waals surface area contributed by atoms with Gasteiger partial charge in [-0.25, -0.2) is 4.79 Å². The number of carboxylic acid groups (broad SMARTS) is 1. The molecule has 0 saturated carbocycles. The Hall–Kier alpha value is -2.07. The first-order valence-electron chi connectivity index (χ1n) is 25.9. The number of methoxy groups -OCH3 is 2. The summed E-state index contributed by atoms with van der Waals surface area (Å²) in [5.74, 6) is -5.95. The van der Waals surface area contributed by atoms with Crippen molar-refractivity contribution in [2.75, 3.05) is 14.2 Å². The minimum absolute atomic E-state index is 0.0103. The number of carbonyl (C=O) groups is 2. The van der Waals surface area contributed by atoms with Gasteiger partial charge in [0.2, 0.25) is 0 Å². The molecule has 7 rings (SSSR count). The number of aliphatic hydroxyl groups is 5. The molecule has 0 unspecified atom stereocenters. The average Bonchev–Trinajstić information content (AvgIpc) is 3.66. The summed E-state index contributed by atoms with van der Waals surface area (Å²) in [5, 5.41) is 64.3. The highest BCUT2D eigenvalue weighted by molar-refractivity contribution is 6.21. The predicted molar refractivity (Wildman–Crippen MR) is 254 cm³/mol. The van der Waals surface area contributed by atoms with Crippen LogP contribution in [0.4, 0.5) is 0 Å². The summed E-state index contributed by atoms with van der Waals surface area (Å²) >= 11 is 7.14. The molecule has 398 valence electrons. The molecule has 6 saturated heterocycles. The molecular weight excluding hydrogens is 932 g/mol. The third kappa shape index (κ3) is 13.6. The van der Waals surface area contributed by atoms with Gasteiger partial charge in [0.15, 0.2) is 23.5 Å². The second kappa shape index (κ2) is 24.5. The van der Waals surface area contributed by atoms with Crippen LogP contribution in [-0.2, 0) is 52.2 Å². The first-order valence-corrected chi connectivity index (χ1v) is 26.4. The lowest BCUT2D eigenvalue weighted by Gasteiger charge is -2.54. The van der Waals surface area contributed by atoms with Crippen LogP contribution in [0.3, 0.4) is 0 Å². The molecule has 0 radical (unpaired) electrons. The number of carbonyl (C=O) groups excluding carboxylic acids is 1. The van der Waals surface area contributed by atoms with Crippen molar-refractivity contribution in [2.24, 2.45) is 17.8 Å². The SMILES string of the molecule is CO[C@H]1CC[C@]23C=C[C@H](C)[C@@H](C[C@@H](O)C[C@H](O)C[C@@H]4CCC[C@H](CC(=O)O[C@H]5C[C@@]6(O[C@H]5C/C=C/C/C=C\C[C@@H](O)C(=O)O)O[C@]5(CC[C@@H]6C)C[C@@H](OC)[C@H](Cl)[C@@H](CC[C@H](C)[C@H](O)[C@H](O)[C@H]1O2)O5)O4)O3. The van der Waals surface area contributed by atoms with E-state index in [4.69, 9.17) is 59.3 Å². The molecule has 0 amide bonds. The lowest BCUT2D eigenvalue weighted by molar-refractivity contribution is -0.413. The Labute approximate surface area is 418 Å². The van der Waals surface area contributed by atoms with Gasteiger partial charge in [0, 0.05) is 64.6 Å². The zero-order valence-corrected chi connectivity index (χ0v) is 42.4. The zero-order valence-electron chi connectivity index (χ0n) is 41.6. The van der Waals surface area contributed by atoms with Crippen molar-refractivity contribution >= 4 is 23.5 Å². The molecule has 0 aliphatic carbocycles. The summed E-state index contributed by atoms with van der Waals surface area (Å²) in [6, 6.07) is 0.